The van der Waals surface area contributed by atoms with Crippen molar-refractivity contribution in [3.63, 3.8) is 0 Å². The quantitative estimate of drug-likeness (QED) is 0.644. The predicted molar refractivity (Wildman–Crippen MR) is 96.9 cm³/mol. The van der Waals surface area contributed by atoms with Gasteiger partial charge in [0.05, 0.1) is 11.5 Å². The van der Waals surface area contributed by atoms with Crippen molar-refractivity contribution in [1.29, 1.82) is 0 Å². The molecule has 25 heavy (non-hydrogen) atoms. The monoisotopic (exact) mass is 373 g/mol. The number of rotatable bonds is 5. The number of nitrogens with zero attached hydrogens (tertiary/aromatic N) is 3. The Morgan fingerprint density at radius 2 is 1.72 bits per heavy atom. The number of amides is 2. The summed E-state index contributed by atoms with van der Waals surface area (Å²) >= 11 is 0. The lowest BCUT2D eigenvalue weighted by molar-refractivity contribution is -0.156. The highest BCUT2D eigenvalue weighted by atomic mass is 32.2. The summed E-state index contributed by atoms with van der Waals surface area (Å²) in [6.07, 6.45) is 0.460. The maximum Gasteiger partial charge on any atom is 0.237 e. The number of carbonyl (C=O) groups excluding carboxylic acids is 2. The molecule has 7 nitrogen and oxygen atoms in total. The molecule has 2 fully saturated rings. The van der Waals surface area contributed by atoms with Crippen molar-refractivity contribution in [2.45, 2.75) is 40.2 Å². The molecule has 0 aromatic rings. The molecule has 0 aromatic carbocycles. The lowest BCUT2D eigenvalue weighted by Gasteiger charge is -2.40. The van der Waals surface area contributed by atoms with E-state index in [9.17, 15) is 18.0 Å². The molecule has 0 spiro atoms. The Balaban J connectivity index is 2.08. The summed E-state index contributed by atoms with van der Waals surface area (Å²) in [7, 11) is -3.07. The van der Waals surface area contributed by atoms with Crippen molar-refractivity contribution in [1.82, 2.24) is 14.7 Å². The SMILES string of the molecule is CCN1CCN(C(=O)C(C)(C)C(=O)N(CC)C2CCS(=O)(=O)C2)CC1. The molecule has 2 heterocycles. The number of piperazine rings is 1. The Hall–Kier alpha value is -1.15. The van der Waals surface area contributed by atoms with Crippen molar-refractivity contribution in [3.05, 3.63) is 0 Å². The molecule has 0 saturated carbocycles. The molecule has 2 aliphatic rings. The molecule has 0 aliphatic carbocycles. The Morgan fingerprint density at radius 1 is 1.12 bits per heavy atom. The first-order valence-electron chi connectivity index (χ1n) is 9.15. The van der Waals surface area contributed by atoms with Gasteiger partial charge in [0.15, 0.2) is 9.84 Å². The van der Waals surface area contributed by atoms with E-state index in [0.717, 1.165) is 19.6 Å². The standard InChI is InChI=1S/C17H31N3O4S/c1-5-18-8-10-19(11-9-18)15(21)17(3,4)16(22)20(6-2)14-7-12-25(23,24)13-14/h14H,5-13H2,1-4H3. The number of hydrogen-bond acceptors (Lipinski definition) is 5. The van der Waals surface area contributed by atoms with Gasteiger partial charge in [0.25, 0.3) is 0 Å². The molecule has 2 amide bonds. The normalized spacial score (nSPS) is 24.3. The van der Waals surface area contributed by atoms with Crippen LogP contribution in [0.2, 0.25) is 0 Å². The summed E-state index contributed by atoms with van der Waals surface area (Å²) < 4.78 is 23.5. The van der Waals surface area contributed by atoms with E-state index in [0.29, 0.717) is 26.1 Å². The van der Waals surface area contributed by atoms with Crippen LogP contribution in [0.4, 0.5) is 0 Å². The van der Waals surface area contributed by atoms with Crippen LogP contribution in [-0.4, -0.2) is 91.7 Å². The van der Waals surface area contributed by atoms with Crippen molar-refractivity contribution in [2.75, 3.05) is 50.8 Å². The van der Waals surface area contributed by atoms with E-state index < -0.39 is 15.3 Å². The van der Waals surface area contributed by atoms with Gasteiger partial charge in [-0.1, -0.05) is 6.92 Å². The van der Waals surface area contributed by atoms with Crippen molar-refractivity contribution in [3.8, 4) is 0 Å². The predicted octanol–water partition coefficient (Wildman–Crippen LogP) is 0.212. The first kappa shape index (κ1) is 20.2. The van der Waals surface area contributed by atoms with Gasteiger partial charge >= 0.3 is 0 Å². The second-order valence-corrected chi connectivity index (χ2v) is 9.73. The van der Waals surface area contributed by atoms with Crippen LogP contribution in [0, 0.1) is 5.41 Å². The highest BCUT2D eigenvalue weighted by Crippen LogP contribution is 2.27. The number of sulfone groups is 1. The van der Waals surface area contributed by atoms with Gasteiger partial charge in [-0.25, -0.2) is 8.42 Å². The molecule has 144 valence electrons. The third-order valence-corrected chi connectivity index (χ3v) is 7.18. The molecular weight excluding hydrogens is 342 g/mol. The van der Waals surface area contributed by atoms with Gasteiger partial charge in [0.2, 0.25) is 11.8 Å². The molecule has 0 N–H and O–H groups in total. The van der Waals surface area contributed by atoms with Gasteiger partial charge in [0.1, 0.15) is 5.41 Å². The van der Waals surface area contributed by atoms with Crippen molar-refractivity contribution < 1.29 is 18.0 Å². The van der Waals surface area contributed by atoms with Gasteiger partial charge in [-0.15, -0.1) is 0 Å². The van der Waals surface area contributed by atoms with Crippen LogP contribution >= 0.6 is 0 Å². The van der Waals surface area contributed by atoms with E-state index in [1.165, 1.54) is 0 Å². The van der Waals surface area contributed by atoms with Gasteiger partial charge in [0, 0.05) is 38.8 Å². The minimum atomic E-state index is -3.07. The third-order valence-electron chi connectivity index (χ3n) is 5.43. The van der Waals surface area contributed by atoms with Gasteiger partial charge < -0.3 is 14.7 Å². The Morgan fingerprint density at radius 3 is 2.16 bits per heavy atom. The fraction of sp³-hybridized carbons (Fsp3) is 0.882. The summed E-state index contributed by atoms with van der Waals surface area (Å²) in [5, 5.41) is 0. The van der Waals surface area contributed by atoms with Crippen LogP contribution < -0.4 is 0 Å². The van der Waals surface area contributed by atoms with Crippen LogP contribution in [0.3, 0.4) is 0 Å². The van der Waals surface area contributed by atoms with E-state index >= 15 is 0 Å². The molecule has 2 rings (SSSR count). The van der Waals surface area contributed by atoms with Gasteiger partial charge in [-0.2, -0.15) is 0 Å². The maximum absolute atomic E-state index is 13.1. The topological polar surface area (TPSA) is 78.0 Å². The average molecular weight is 374 g/mol. The fourth-order valence-electron chi connectivity index (χ4n) is 3.70. The van der Waals surface area contributed by atoms with Crippen LogP contribution in [0.25, 0.3) is 0 Å². The minimum absolute atomic E-state index is 0.00598. The van der Waals surface area contributed by atoms with E-state index in [1.54, 1.807) is 23.6 Å². The Bertz CT molecular complexity index is 609. The number of likely N-dealkylation sites (N-methyl/N-ethyl adjacent to an activating group) is 1. The average Bonchev–Trinajstić information content (AvgIpc) is 2.94. The summed E-state index contributed by atoms with van der Waals surface area (Å²) in [5.41, 5.74) is -1.17. The van der Waals surface area contributed by atoms with Crippen molar-refractivity contribution in [2.24, 2.45) is 5.41 Å². The molecule has 0 radical (unpaired) electrons. The zero-order chi connectivity index (χ0) is 18.8. The molecule has 8 heteroatoms. The van der Waals surface area contributed by atoms with E-state index in [4.69, 9.17) is 0 Å². The zero-order valence-corrected chi connectivity index (χ0v) is 16.6. The second kappa shape index (κ2) is 7.61. The van der Waals surface area contributed by atoms with Crippen LogP contribution in [0.5, 0.6) is 0 Å². The highest BCUT2D eigenvalue weighted by molar-refractivity contribution is 7.91. The summed E-state index contributed by atoms with van der Waals surface area (Å²) in [4.78, 5) is 31.7. The van der Waals surface area contributed by atoms with E-state index in [2.05, 4.69) is 11.8 Å². The van der Waals surface area contributed by atoms with E-state index in [1.807, 2.05) is 6.92 Å². The lowest BCUT2D eigenvalue weighted by Crippen LogP contribution is -2.57. The molecular formula is C17H31N3O4S. The molecule has 2 saturated heterocycles. The zero-order valence-electron chi connectivity index (χ0n) is 15.8. The van der Waals surface area contributed by atoms with Gasteiger partial charge in [-0.3, -0.25) is 9.59 Å². The summed E-state index contributed by atoms with van der Waals surface area (Å²) in [6, 6.07) is -0.313. The minimum Gasteiger partial charge on any atom is -0.339 e. The van der Waals surface area contributed by atoms with Crippen molar-refractivity contribution >= 4 is 21.7 Å². The summed E-state index contributed by atoms with van der Waals surface area (Å²) in [5.74, 6) is -0.298. The van der Waals surface area contributed by atoms with Crippen LogP contribution in [-0.2, 0) is 19.4 Å². The maximum atomic E-state index is 13.1. The van der Waals surface area contributed by atoms with E-state index in [-0.39, 0.29) is 29.4 Å². The first-order chi connectivity index (χ1) is 11.6. The van der Waals surface area contributed by atoms with Crippen LogP contribution in [0.15, 0.2) is 0 Å². The molecule has 1 unspecified atom stereocenters. The fourth-order valence-corrected chi connectivity index (χ4v) is 5.43. The smallest absolute Gasteiger partial charge is 0.237 e. The Kier molecular flexibility index (Phi) is 6.14. The summed E-state index contributed by atoms with van der Waals surface area (Å²) in [6.45, 7) is 11.6. The lowest BCUT2D eigenvalue weighted by atomic mass is 9.88. The largest absolute Gasteiger partial charge is 0.339 e. The molecule has 0 bridgehead atoms. The van der Waals surface area contributed by atoms with Gasteiger partial charge in [-0.05, 0) is 33.7 Å². The molecule has 1 atom stereocenters. The number of hydrogen-bond donors (Lipinski definition) is 0. The second-order valence-electron chi connectivity index (χ2n) is 7.50. The highest BCUT2D eigenvalue weighted by Gasteiger charge is 2.45. The molecule has 2 aliphatic heterocycles. The first-order valence-corrected chi connectivity index (χ1v) is 11.0. The number of carbonyl (C=O) groups is 2. The van der Waals surface area contributed by atoms with Crippen LogP contribution in [0.1, 0.15) is 34.1 Å². The third kappa shape index (κ3) is 4.34. The molecule has 0 aromatic heterocycles. The Labute approximate surface area is 151 Å².